The molecule has 0 unspecified atom stereocenters. The molecule has 0 bridgehead atoms. The Morgan fingerprint density at radius 2 is 1.95 bits per heavy atom. The van der Waals surface area contributed by atoms with E-state index in [4.69, 9.17) is 14.9 Å². The second-order valence-corrected chi connectivity index (χ2v) is 4.13. The highest BCUT2D eigenvalue weighted by atomic mass is 16.5. The Labute approximate surface area is 111 Å². The van der Waals surface area contributed by atoms with Crippen LogP contribution < -0.4 is 9.64 Å². The number of carbonyl (C=O) groups is 2. The average Bonchev–Trinajstić information content (AvgIpc) is 2.33. The zero-order valence-electron chi connectivity index (χ0n) is 10.9. The first kappa shape index (κ1) is 14.8. The largest absolute Gasteiger partial charge is 0.495 e. The fraction of sp³-hybridized carbons (Fsp3) is 0.385. The zero-order valence-corrected chi connectivity index (χ0v) is 10.9. The molecule has 0 saturated carbocycles. The van der Waals surface area contributed by atoms with Crippen molar-refractivity contribution < 1.29 is 24.5 Å². The number of hydrogen-bond acceptors (Lipinski definition) is 4. The van der Waals surface area contributed by atoms with Crippen LogP contribution in [0.4, 0.5) is 5.69 Å². The zero-order chi connectivity index (χ0) is 14.4. The van der Waals surface area contributed by atoms with Crippen molar-refractivity contribution in [1.29, 1.82) is 0 Å². The maximum absolute atomic E-state index is 10.9. The molecule has 1 rings (SSSR count). The van der Waals surface area contributed by atoms with Gasteiger partial charge in [-0.1, -0.05) is 6.07 Å². The maximum Gasteiger partial charge on any atom is 0.323 e. The summed E-state index contributed by atoms with van der Waals surface area (Å²) in [6.07, 6.45) is -0.135. The van der Waals surface area contributed by atoms with E-state index in [-0.39, 0.29) is 19.5 Å². The standard InChI is InChI=1S/C13H17NO5/c1-9-3-4-11(19-2)10(7-9)14(8-13(17)18)6-5-12(15)16/h3-4,7H,5-6,8H2,1-2H3,(H,15,16)(H,17,18). The molecule has 0 heterocycles. The monoisotopic (exact) mass is 267 g/mol. The number of anilines is 1. The minimum absolute atomic E-state index is 0.113. The number of aliphatic carboxylic acids is 2. The van der Waals surface area contributed by atoms with E-state index in [9.17, 15) is 9.59 Å². The smallest absolute Gasteiger partial charge is 0.323 e. The summed E-state index contributed by atoms with van der Waals surface area (Å²) < 4.78 is 5.19. The van der Waals surface area contributed by atoms with E-state index in [1.165, 1.54) is 12.0 Å². The number of carboxylic acid groups (broad SMARTS) is 2. The molecule has 0 spiro atoms. The van der Waals surface area contributed by atoms with Gasteiger partial charge in [0.2, 0.25) is 0 Å². The first-order valence-corrected chi connectivity index (χ1v) is 5.77. The van der Waals surface area contributed by atoms with E-state index in [1.54, 1.807) is 12.1 Å². The summed E-state index contributed by atoms with van der Waals surface area (Å²) in [4.78, 5) is 23.0. The number of carboxylic acids is 2. The Hall–Kier alpha value is -2.24. The molecular formula is C13H17NO5. The van der Waals surface area contributed by atoms with E-state index < -0.39 is 11.9 Å². The average molecular weight is 267 g/mol. The SMILES string of the molecule is COc1ccc(C)cc1N(CCC(=O)O)CC(=O)O. The molecule has 0 aromatic heterocycles. The van der Waals surface area contributed by atoms with Gasteiger partial charge >= 0.3 is 11.9 Å². The van der Waals surface area contributed by atoms with E-state index in [0.717, 1.165) is 5.56 Å². The molecule has 1 aromatic carbocycles. The lowest BCUT2D eigenvalue weighted by Gasteiger charge is -2.24. The van der Waals surface area contributed by atoms with Crippen LogP contribution in [0.15, 0.2) is 18.2 Å². The van der Waals surface area contributed by atoms with E-state index in [0.29, 0.717) is 11.4 Å². The summed E-state index contributed by atoms with van der Waals surface area (Å²) in [6.45, 7) is 1.72. The third-order valence-corrected chi connectivity index (χ3v) is 2.60. The van der Waals surface area contributed by atoms with Crippen molar-refractivity contribution in [3.8, 4) is 5.75 Å². The molecule has 0 radical (unpaired) electrons. The van der Waals surface area contributed by atoms with Crippen LogP contribution in [0.5, 0.6) is 5.75 Å². The van der Waals surface area contributed by atoms with Crippen LogP contribution in [0, 0.1) is 6.92 Å². The van der Waals surface area contributed by atoms with Gasteiger partial charge in [0, 0.05) is 6.54 Å². The van der Waals surface area contributed by atoms with Crippen LogP contribution in [-0.4, -0.2) is 42.4 Å². The number of methoxy groups -OCH3 is 1. The van der Waals surface area contributed by atoms with Gasteiger partial charge in [0.1, 0.15) is 12.3 Å². The van der Waals surface area contributed by atoms with Crippen LogP contribution in [-0.2, 0) is 9.59 Å². The minimum atomic E-state index is -1.02. The summed E-state index contributed by atoms with van der Waals surface area (Å²) in [6, 6.07) is 5.36. The number of aryl methyl sites for hydroxylation is 1. The van der Waals surface area contributed by atoms with Crippen LogP contribution >= 0.6 is 0 Å². The van der Waals surface area contributed by atoms with Crippen molar-refractivity contribution in [3.63, 3.8) is 0 Å². The number of rotatable bonds is 7. The topological polar surface area (TPSA) is 87.1 Å². The Balaban J connectivity index is 3.04. The predicted molar refractivity (Wildman–Crippen MR) is 69.8 cm³/mol. The number of nitrogens with zero attached hydrogens (tertiary/aromatic N) is 1. The number of ether oxygens (including phenoxy) is 1. The van der Waals surface area contributed by atoms with Crippen molar-refractivity contribution in [1.82, 2.24) is 0 Å². The quantitative estimate of drug-likeness (QED) is 0.775. The Morgan fingerprint density at radius 1 is 1.26 bits per heavy atom. The fourth-order valence-corrected chi connectivity index (χ4v) is 1.73. The third-order valence-electron chi connectivity index (χ3n) is 2.60. The molecule has 0 saturated heterocycles. The van der Waals surface area contributed by atoms with Crippen LogP contribution in [0.2, 0.25) is 0 Å². The van der Waals surface area contributed by atoms with Gasteiger partial charge in [0.05, 0.1) is 19.2 Å². The summed E-state index contributed by atoms with van der Waals surface area (Å²) in [5.74, 6) is -1.46. The van der Waals surface area contributed by atoms with Gasteiger partial charge in [0.25, 0.3) is 0 Å². The van der Waals surface area contributed by atoms with Gasteiger partial charge < -0.3 is 19.8 Å². The fourth-order valence-electron chi connectivity index (χ4n) is 1.73. The maximum atomic E-state index is 10.9. The lowest BCUT2D eigenvalue weighted by atomic mass is 10.2. The highest BCUT2D eigenvalue weighted by Gasteiger charge is 2.16. The van der Waals surface area contributed by atoms with E-state index in [1.807, 2.05) is 13.0 Å². The molecule has 1 aromatic rings. The predicted octanol–water partition coefficient (Wildman–Crippen LogP) is 1.37. The Bertz CT molecular complexity index is 472. The van der Waals surface area contributed by atoms with Gasteiger partial charge in [-0.05, 0) is 24.6 Å². The lowest BCUT2D eigenvalue weighted by molar-refractivity contribution is -0.138. The van der Waals surface area contributed by atoms with Crippen molar-refractivity contribution in [2.45, 2.75) is 13.3 Å². The molecule has 6 nitrogen and oxygen atoms in total. The molecule has 6 heteroatoms. The Kier molecular flexibility index (Phi) is 5.17. The molecule has 19 heavy (non-hydrogen) atoms. The summed E-state index contributed by atoms with van der Waals surface area (Å²) in [5.41, 5.74) is 1.53. The van der Waals surface area contributed by atoms with Gasteiger partial charge in [-0.2, -0.15) is 0 Å². The van der Waals surface area contributed by atoms with Gasteiger partial charge in [0.15, 0.2) is 0 Å². The van der Waals surface area contributed by atoms with Gasteiger partial charge in [-0.3, -0.25) is 9.59 Å². The first-order chi connectivity index (χ1) is 8.93. The highest BCUT2D eigenvalue weighted by molar-refractivity contribution is 5.76. The summed E-state index contributed by atoms with van der Waals surface area (Å²) in [5, 5.41) is 17.6. The molecule has 104 valence electrons. The summed E-state index contributed by atoms with van der Waals surface area (Å²) in [7, 11) is 1.49. The molecule has 0 aliphatic carbocycles. The van der Waals surface area contributed by atoms with Crippen molar-refractivity contribution in [3.05, 3.63) is 23.8 Å². The van der Waals surface area contributed by atoms with Crippen LogP contribution in [0.25, 0.3) is 0 Å². The third kappa shape index (κ3) is 4.50. The number of hydrogen-bond donors (Lipinski definition) is 2. The molecule has 0 amide bonds. The molecule has 0 aliphatic rings. The first-order valence-electron chi connectivity index (χ1n) is 5.77. The molecule has 0 fully saturated rings. The second kappa shape index (κ2) is 6.63. The van der Waals surface area contributed by atoms with Gasteiger partial charge in [-0.25, -0.2) is 0 Å². The van der Waals surface area contributed by atoms with E-state index in [2.05, 4.69) is 0 Å². The van der Waals surface area contributed by atoms with Crippen LogP contribution in [0.3, 0.4) is 0 Å². The normalized spacial score (nSPS) is 10.0. The van der Waals surface area contributed by atoms with Crippen molar-refractivity contribution in [2.75, 3.05) is 25.1 Å². The van der Waals surface area contributed by atoms with Crippen molar-refractivity contribution in [2.24, 2.45) is 0 Å². The minimum Gasteiger partial charge on any atom is -0.495 e. The van der Waals surface area contributed by atoms with Gasteiger partial charge in [-0.15, -0.1) is 0 Å². The van der Waals surface area contributed by atoms with Crippen LogP contribution in [0.1, 0.15) is 12.0 Å². The molecule has 2 N–H and O–H groups in total. The van der Waals surface area contributed by atoms with Crippen molar-refractivity contribution >= 4 is 17.6 Å². The molecule has 0 atom stereocenters. The summed E-state index contributed by atoms with van der Waals surface area (Å²) >= 11 is 0. The van der Waals surface area contributed by atoms with E-state index >= 15 is 0 Å². The molecular weight excluding hydrogens is 250 g/mol. The molecule has 0 aliphatic heterocycles. The highest BCUT2D eigenvalue weighted by Crippen LogP contribution is 2.29. The second-order valence-electron chi connectivity index (χ2n) is 4.13. The number of benzene rings is 1. The Morgan fingerprint density at radius 3 is 2.47 bits per heavy atom. The lowest BCUT2D eigenvalue weighted by Crippen LogP contribution is -2.32.